The predicted octanol–water partition coefficient (Wildman–Crippen LogP) is 2.94. The van der Waals surface area contributed by atoms with E-state index in [9.17, 15) is 9.59 Å². The molecule has 3 amide bonds. The first-order valence-corrected chi connectivity index (χ1v) is 11.4. The van der Waals surface area contributed by atoms with Crippen molar-refractivity contribution in [2.24, 2.45) is 0 Å². The highest BCUT2D eigenvalue weighted by molar-refractivity contribution is 5.94. The summed E-state index contributed by atoms with van der Waals surface area (Å²) in [7, 11) is 0. The molecule has 1 N–H and O–H groups in total. The van der Waals surface area contributed by atoms with Gasteiger partial charge in [-0.25, -0.2) is 9.78 Å². The molecule has 2 saturated heterocycles. The van der Waals surface area contributed by atoms with Crippen molar-refractivity contribution >= 4 is 23.3 Å². The summed E-state index contributed by atoms with van der Waals surface area (Å²) in [5.74, 6) is 0.0784. The number of ether oxygens (including phenoxy) is 1. The van der Waals surface area contributed by atoms with E-state index in [1.165, 1.54) is 0 Å². The van der Waals surface area contributed by atoms with E-state index in [2.05, 4.69) is 48.0 Å². The van der Waals surface area contributed by atoms with Crippen LogP contribution in [0.3, 0.4) is 0 Å². The van der Waals surface area contributed by atoms with E-state index >= 15 is 0 Å². The van der Waals surface area contributed by atoms with E-state index in [1.54, 1.807) is 11.8 Å². The third kappa shape index (κ3) is 4.06. The molecule has 2 aromatic heterocycles. The van der Waals surface area contributed by atoms with Gasteiger partial charge in [-0.3, -0.25) is 9.69 Å². The number of aromatic nitrogens is 2. The Labute approximate surface area is 193 Å². The van der Waals surface area contributed by atoms with E-state index in [4.69, 9.17) is 9.72 Å². The van der Waals surface area contributed by atoms with Crippen LogP contribution in [0.1, 0.15) is 23.7 Å². The summed E-state index contributed by atoms with van der Waals surface area (Å²) in [6, 6.07) is 10.2. The zero-order chi connectivity index (χ0) is 23.1. The zero-order valence-electron chi connectivity index (χ0n) is 19.3. The van der Waals surface area contributed by atoms with Crippen LogP contribution in [0.4, 0.5) is 10.5 Å². The van der Waals surface area contributed by atoms with Crippen molar-refractivity contribution < 1.29 is 14.3 Å². The van der Waals surface area contributed by atoms with Crippen molar-refractivity contribution in [1.82, 2.24) is 19.6 Å². The normalized spacial score (nSPS) is 18.8. The minimum absolute atomic E-state index is 0.0597. The fourth-order valence-electron chi connectivity index (χ4n) is 4.75. The molecule has 33 heavy (non-hydrogen) atoms. The third-order valence-electron chi connectivity index (χ3n) is 6.52. The molecule has 0 radical (unpaired) electrons. The molecule has 172 valence electrons. The number of pyridine rings is 1. The van der Waals surface area contributed by atoms with Gasteiger partial charge in [0, 0.05) is 57.0 Å². The lowest BCUT2D eigenvalue weighted by Gasteiger charge is -2.32. The van der Waals surface area contributed by atoms with Gasteiger partial charge in [0.25, 0.3) is 0 Å². The van der Waals surface area contributed by atoms with Crippen molar-refractivity contribution in [1.29, 1.82) is 0 Å². The summed E-state index contributed by atoms with van der Waals surface area (Å²) in [4.78, 5) is 32.6. The standard InChI is InChI=1S/C25H29N5O3/c1-16-6-8-30-22(14-20-15-28(18(3)31)10-11-33-20)24(27-23(30)12-16)21-5-4-19(13-17(21)2)29-9-7-26-25(29)32/h4-6,8,12-13,20H,7,9-11,14-15H2,1-3H3,(H,26,32). The summed E-state index contributed by atoms with van der Waals surface area (Å²) in [5.41, 5.74) is 7.00. The molecule has 0 bridgehead atoms. The van der Waals surface area contributed by atoms with Crippen LogP contribution in [-0.2, 0) is 16.0 Å². The largest absolute Gasteiger partial charge is 0.374 e. The van der Waals surface area contributed by atoms with Crippen LogP contribution >= 0.6 is 0 Å². The van der Waals surface area contributed by atoms with Gasteiger partial charge in [-0.2, -0.15) is 0 Å². The first-order chi connectivity index (χ1) is 15.9. The van der Waals surface area contributed by atoms with Crippen molar-refractivity contribution in [3.05, 3.63) is 53.3 Å². The fourth-order valence-corrected chi connectivity index (χ4v) is 4.75. The van der Waals surface area contributed by atoms with Crippen molar-refractivity contribution in [2.75, 3.05) is 37.7 Å². The molecular weight excluding hydrogens is 418 g/mol. The van der Waals surface area contributed by atoms with Gasteiger partial charge < -0.3 is 19.4 Å². The van der Waals surface area contributed by atoms with Gasteiger partial charge in [0.05, 0.1) is 24.1 Å². The number of aryl methyl sites for hydroxylation is 2. The molecule has 0 aliphatic carbocycles. The topological polar surface area (TPSA) is 79.2 Å². The number of hydrogen-bond donors (Lipinski definition) is 1. The quantitative estimate of drug-likeness (QED) is 0.667. The Morgan fingerprint density at radius 1 is 1.21 bits per heavy atom. The van der Waals surface area contributed by atoms with Gasteiger partial charge >= 0.3 is 6.03 Å². The summed E-state index contributed by atoms with van der Waals surface area (Å²) in [6.45, 7) is 8.81. The van der Waals surface area contributed by atoms with Gasteiger partial charge in [0.15, 0.2) is 0 Å². The van der Waals surface area contributed by atoms with Crippen molar-refractivity contribution in [3.8, 4) is 11.3 Å². The summed E-state index contributed by atoms with van der Waals surface area (Å²) >= 11 is 0. The highest BCUT2D eigenvalue weighted by Crippen LogP contribution is 2.32. The average Bonchev–Trinajstić information content (AvgIpc) is 3.37. The van der Waals surface area contributed by atoms with Crippen LogP contribution in [-0.4, -0.2) is 65.1 Å². The average molecular weight is 448 g/mol. The molecule has 1 atom stereocenters. The van der Waals surface area contributed by atoms with Gasteiger partial charge in [-0.15, -0.1) is 0 Å². The fraction of sp³-hybridized carbons (Fsp3) is 0.400. The van der Waals surface area contributed by atoms with E-state index in [1.807, 2.05) is 17.0 Å². The molecule has 0 saturated carbocycles. The number of benzene rings is 1. The molecule has 3 aromatic rings. The maximum absolute atomic E-state index is 12.1. The number of fused-ring (bicyclic) bond motifs is 1. The molecule has 8 nitrogen and oxygen atoms in total. The monoisotopic (exact) mass is 447 g/mol. The summed E-state index contributed by atoms with van der Waals surface area (Å²) in [5, 5.41) is 2.85. The Hall–Kier alpha value is -3.39. The molecule has 4 heterocycles. The second kappa shape index (κ2) is 8.51. The summed E-state index contributed by atoms with van der Waals surface area (Å²) in [6.07, 6.45) is 2.62. The molecule has 1 aromatic carbocycles. The van der Waals surface area contributed by atoms with Crippen molar-refractivity contribution in [2.45, 2.75) is 33.3 Å². The van der Waals surface area contributed by atoms with Crippen LogP contribution in [0, 0.1) is 13.8 Å². The SMILES string of the molecule is CC(=O)N1CCOC(Cc2c(-c3ccc(N4CCNC4=O)cc3C)nc3cc(C)ccn23)C1. The first-order valence-electron chi connectivity index (χ1n) is 11.4. The van der Waals surface area contributed by atoms with Gasteiger partial charge in [-0.05, 0) is 49.2 Å². The Morgan fingerprint density at radius 2 is 2.06 bits per heavy atom. The van der Waals surface area contributed by atoms with E-state index in [0.717, 1.165) is 39.4 Å². The molecule has 0 spiro atoms. The molecule has 2 aliphatic rings. The lowest BCUT2D eigenvalue weighted by molar-refractivity contribution is -0.136. The predicted molar refractivity (Wildman–Crippen MR) is 127 cm³/mol. The molecule has 2 aliphatic heterocycles. The number of urea groups is 1. The van der Waals surface area contributed by atoms with Crippen LogP contribution in [0.15, 0.2) is 36.5 Å². The lowest BCUT2D eigenvalue weighted by atomic mass is 10.0. The van der Waals surface area contributed by atoms with Gasteiger partial charge in [0.2, 0.25) is 5.91 Å². The Kier molecular flexibility index (Phi) is 5.54. The highest BCUT2D eigenvalue weighted by Gasteiger charge is 2.27. The van der Waals surface area contributed by atoms with Crippen LogP contribution in [0.5, 0.6) is 0 Å². The van der Waals surface area contributed by atoms with E-state index in [0.29, 0.717) is 39.2 Å². The Balaban J connectivity index is 1.54. The number of anilines is 1. The minimum Gasteiger partial charge on any atom is -0.374 e. The number of morpholine rings is 1. The number of nitrogens with zero attached hydrogens (tertiary/aromatic N) is 4. The van der Waals surface area contributed by atoms with Crippen LogP contribution in [0.2, 0.25) is 0 Å². The third-order valence-corrected chi connectivity index (χ3v) is 6.52. The smallest absolute Gasteiger partial charge is 0.321 e. The second-order valence-corrected chi connectivity index (χ2v) is 8.88. The van der Waals surface area contributed by atoms with E-state index in [-0.39, 0.29) is 18.0 Å². The number of amides is 3. The molecule has 8 heteroatoms. The van der Waals surface area contributed by atoms with Gasteiger partial charge in [-0.1, -0.05) is 6.07 Å². The maximum Gasteiger partial charge on any atom is 0.321 e. The zero-order valence-corrected chi connectivity index (χ0v) is 19.3. The Bertz CT molecular complexity index is 1230. The molecule has 5 rings (SSSR count). The number of imidazole rings is 1. The van der Waals surface area contributed by atoms with E-state index < -0.39 is 0 Å². The van der Waals surface area contributed by atoms with Crippen LogP contribution in [0.25, 0.3) is 16.9 Å². The minimum atomic E-state index is -0.0875. The number of rotatable bonds is 4. The molecule has 2 fully saturated rings. The highest BCUT2D eigenvalue weighted by atomic mass is 16.5. The first kappa shape index (κ1) is 21.5. The number of nitrogens with one attached hydrogen (secondary N) is 1. The molecular formula is C25H29N5O3. The van der Waals surface area contributed by atoms with Gasteiger partial charge in [0.1, 0.15) is 5.65 Å². The number of carbonyl (C=O) groups is 2. The van der Waals surface area contributed by atoms with Crippen molar-refractivity contribution in [3.63, 3.8) is 0 Å². The number of hydrogen-bond acceptors (Lipinski definition) is 4. The van der Waals surface area contributed by atoms with Crippen LogP contribution < -0.4 is 10.2 Å². The summed E-state index contributed by atoms with van der Waals surface area (Å²) < 4.78 is 8.16. The lowest BCUT2D eigenvalue weighted by Crippen LogP contribution is -2.45. The molecule has 1 unspecified atom stereocenters. The second-order valence-electron chi connectivity index (χ2n) is 8.88. The maximum atomic E-state index is 12.1. The Morgan fingerprint density at radius 3 is 2.79 bits per heavy atom. The number of carbonyl (C=O) groups excluding carboxylic acids is 2.